The van der Waals surface area contributed by atoms with Crippen LogP contribution in [0.3, 0.4) is 0 Å². The standard InChI is InChI=1S/C23H31N5S/c1-18-24-22(17-29-18)16-28-10-8-27(9-11-28)14-19-4-5-23-20(12-19)13-21(25-23)15-26-6-2-3-7-26/h4-5,12-13,17,25H,2-3,6-11,14-16H2,1H3. The SMILES string of the molecule is Cc1nc(CN2CCN(Cc3ccc4[nH]c(CN5CCCC5)cc4c3)CC2)cs1. The van der Waals surface area contributed by atoms with E-state index in [1.807, 2.05) is 0 Å². The molecule has 29 heavy (non-hydrogen) atoms. The molecule has 2 aromatic heterocycles. The van der Waals surface area contributed by atoms with E-state index in [-0.39, 0.29) is 0 Å². The number of rotatable bonds is 6. The maximum absolute atomic E-state index is 4.61. The Morgan fingerprint density at radius 1 is 0.897 bits per heavy atom. The largest absolute Gasteiger partial charge is 0.357 e. The van der Waals surface area contributed by atoms with Gasteiger partial charge in [0.15, 0.2) is 0 Å². The number of thiazole rings is 1. The maximum atomic E-state index is 4.61. The number of benzene rings is 1. The van der Waals surface area contributed by atoms with E-state index in [0.29, 0.717) is 0 Å². The molecule has 0 atom stereocenters. The molecule has 4 heterocycles. The average molecular weight is 410 g/mol. The van der Waals surface area contributed by atoms with Gasteiger partial charge in [-0.05, 0) is 56.6 Å². The van der Waals surface area contributed by atoms with E-state index in [1.54, 1.807) is 11.3 Å². The van der Waals surface area contributed by atoms with Crippen molar-refractivity contribution in [1.82, 2.24) is 24.7 Å². The van der Waals surface area contributed by atoms with Crippen molar-refractivity contribution in [2.45, 2.75) is 39.4 Å². The van der Waals surface area contributed by atoms with Crippen molar-refractivity contribution in [2.75, 3.05) is 39.3 Å². The monoisotopic (exact) mass is 409 g/mol. The lowest BCUT2D eigenvalue weighted by Crippen LogP contribution is -2.45. The van der Waals surface area contributed by atoms with Gasteiger partial charge in [0.1, 0.15) is 0 Å². The molecule has 2 aliphatic heterocycles. The summed E-state index contributed by atoms with van der Waals surface area (Å²) in [5.41, 5.74) is 5.27. The van der Waals surface area contributed by atoms with Crippen LogP contribution in [0.4, 0.5) is 0 Å². The van der Waals surface area contributed by atoms with Gasteiger partial charge in [0.05, 0.1) is 10.7 Å². The van der Waals surface area contributed by atoms with Crippen LogP contribution in [0.2, 0.25) is 0 Å². The van der Waals surface area contributed by atoms with E-state index in [0.717, 1.165) is 45.8 Å². The summed E-state index contributed by atoms with van der Waals surface area (Å²) in [7, 11) is 0. The molecule has 0 spiro atoms. The summed E-state index contributed by atoms with van der Waals surface area (Å²) in [6, 6.07) is 9.29. The third-order valence-electron chi connectivity index (χ3n) is 6.26. The Kier molecular flexibility index (Phi) is 5.68. The summed E-state index contributed by atoms with van der Waals surface area (Å²) in [5, 5.41) is 4.72. The van der Waals surface area contributed by atoms with Crippen LogP contribution in [-0.2, 0) is 19.6 Å². The van der Waals surface area contributed by atoms with Gasteiger partial charge in [-0.2, -0.15) is 0 Å². The molecule has 1 aromatic carbocycles. The lowest BCUT2D eigenvalue weighted by molar-refractivity contribution is 0.121. The van der Waals surface area contributed by atoms with Gasteiger partial charge in [-0.25, -0.2) is 4.98 Å². The topological polar surface area (TPSA) is 38.4 Å². The molecule has 5 nitrogen and oxygen atoms in total. The number of hydrogen-bond acceptors (Lipinski definition) is 5. The highest BCUT2D eigenvalue weighted by atomic mass is 32.1. The molecule has 0 radical (unpaired) electrons. The van der Waals surface area contributed by atoms with Gasteiger partial charge in [0.25, 0.3) is 0 Å². The van der Waals surface area contributed by atoms with Gasteiger partial charge in [0, 0.05) is 67.8 Å². The first-order valence-corrected chi connectivity index (χ1v) is 11.8. The maximum Gasteiger partial charge on any atom is 0.0897 e. The molecule has 154 valence electrons. The lowest BCUT2D eigenvalue weighted by Gasteiger charge is -2.34. The van der Waals surface area contributed by atoms with Crippen molar-refractivity contribution in [2.24, 2.45) is 0 Å². The highest BCUT2D eigenvalue weighted by molar-refractivity contribution is 7.09. The molecule has 0 aliphatic carbocycles. The fourth-order valence-electron chi connectivity index (χ4n) is 4.68. The van der Waals surface area contributed by atoms with Crippen LogP contribution in [0.15, 0.2) is 29.6 Å². The molecule has 5 rings (SSSR count). The van der Waals surface area contributed by atoms with Gasteiger partial charge in [-0.1, -0.05) is 6.07 Å². The predicted molar refractivity (Wildman–Crippen MR) is 120 cm³/mol. The minimum atomic E-state index is 0.993. The number of fused-ring (bicyclic) bond motifs is 1. The molecule has 0 amide bonds. The Morgan fingerprint density at radius 2 is 1.62 bits per heavy atom. The van der Waals surface area contributed by atoms with E-state index in [2.05, 4.69) is 61.2 Å². The van der Waals surface area contributed by atoms with Crippen molar-refractivity contribution < 1.29 is 0 Å². The Morgan fingerprint density at radius 3 is 2.34 bits per heavy atom. The summed E-state index contributed by atoms with van der Waals surface area (Å²) in [6.07, 6.45) is 2.70. The Labute approximate surface area is 177 Å². The number of nitrogens with zero attached hydrogens (tertiary/aromatic N) is 4. The van der Waals surface area contributed by atoms with E-state index in [9.17, 15) is 0 Å². The highest BCUT2D eigenvalue weighted by Crippen LogP contribution is 2.21. The van der Waals surface area contributed by atoms with Gasteiger partial charge in [-0.15, -0.1) is 11.3 Å². The zero-order valence-electron chi connectivity index (χ0n) is 17.4. The van der Waals surface area contributed by atoms with Crippen molar-refractivity contribution in [3.05, 3.63) is 51.6 Å². The molecule has 2 saturated heterocycles. The fraction of sp³-hybridized carbons (Fsp3) is 0.522. The van der Waals surface area contributed by atoms with Crippen molar-refractivity contribution in [3.63, 3.8) is 0 Å². The summed E-state index contributed by atoms with van der Waals surface area (Å²) in [5.74, 6) is 0. The molecule has 2 aliphatic rings. The first kappa shape index (κ1) is 19.2. The zero-order valence-corrected chi connectivity index (χ0v) is 18.2. The zero-order chi connectivity index (χ0) is 19.6. The van der Waals surface area contributed by atoms with Gasteiger partial charge >= 0.3 is 0 Å². The molecular weight excluding hydrogens is 378 g/mol. The van der Waals surface area contributed by atoms with Crippen LogP contribution in [0.5, 0.6) is 0 Å². The Bertz CT molecular complexity index is 947. The summed E-state index contributed by atoms with van der Waals surface area (Å²) in [6.45, 7) is 12.2. The third kappa shape index (κ3) is 4.72. The quantitative estimate of drug-likeness (QED) is 0.671. The van der Waals surface area contributed by atoms with Crippen LogP contribution in [0, 0.1) is 6.92 Å². The number of aromatic nitrogens is 2. The highest BCUT2D eigenvalue weighted by Gasteiger charge is 2.18. The van der Waals surface area contributed by atoms with E-state index < -0.39 is 0 Å². The van der Waals surface area contributed by atoms with Crippen LogP contribution >= 0.6 is 11.3 Å². The third-order valence-corrected chi connectivity index (χ3v) is 7.08. The summed E-state index contributed by atoms with van der Waals surface area (Å²) < 4.78 is 0. The Hall–Kier alpha value is -1.73. The van der Waals surface area contributed by atoms with Gasteiger partial charge in [0.2, 0.25) is 0 Å². The van der Waals surface area contributed by atoms with E-state index in [4.69, 9.17) is 0 Å². The van der Waals surface area contributed by atoms with Gasteiger partial charge in [-0.3, -0.25) is 14.7 Å². The molecular formula is C23H31N5S. The van der Waals surface area contributed by atoms with E-state index >= 15 is 0 Å². The summed E-state index contributed by atoms with van der Waals surface area (Å²) in [4.78, 5) is 15.9. The minimum Gasteiger partial charge on any atom is -0.357 e. The molecule has 2 fully saturated rings. The fourth-order valence-corrected chi connectivity index (χ4v) is 5.28. The first-order chi connectivity index (χ1) is 14.2. The van der Waals surface area contributed by atoms with Crippen molar-refractivity contribution in [3.8, 4) is 0 Å². The second-order valence-corrected chi connectivity index (χ2v) is 9.67. The second kappa shape index (κ2) is 8.56. The number of nitrogens with one attached hydrogen (secondary N) is 1. The number of hydrogen-bond donors (Lipinski definition) is 1. The van der Waals surface area contributed by atoms with Crippen molar-refractivity contribution in [1.29, 1.82) is 0 Å². The number of aromatic amines is 1. The van der Waals surface area contributed by atoms with Crippen LogP contribution < -0.4 is 0 Å². The van der Waals surface area contributed by atoms with Crippen LogP contribution in [0.25, 0.3) is 10.9 Å². The Balaban J connectivity index is 1.16. The lowest BCUT2D eigenvalue weighted by atomic mass is 10.1. The first-order valence-electron chi connectivity index (χ1n) is 10.9. The number of likely N-dealkylation sites (tertiary alicyclic amines) is 1. The molecule has 6 heteroatoms. The van der Waals surface area contributed by atoms with Gasteiger partial charge < -0.3 is 4.98 Å². The number of H-pyrrole nitrogens is 1. The molecule has 0 bridgehead atoms. The number of piperazine rings is 1. The normalized spacial score (nSPS) is 19.5. The second-order valence-electron chi connectivity index (χ2n) is 8.61. The number of aryl methyl sites for hydroxylation is 1. The molecule has 3 aromatic rings. The van der Waals surface area contributed by atoms with Crippen LogP contribution in [0.1, 0.15) is 34.8 Å². The molecule has 1 N–H and O–H groups in total. The summed E-state index contributed by atoms with van der Waals surface area (Å²) >= 11 is 1.75. The predicted octanol–water partition coefficient (Wildman–Crippen LogP) is 3.85. The molecule has 0 unspecified atom stereocenters. The minimum absolute atomic E-state index is 0.993. The smallest absolute Gasteiger partial charge is 0.0897 e. The van der Waals surface area contributed by atoms with Crippen LogP contribution in [-0.4, -0.2) is 63.9 Å². The van der Waals surface area contributed by atoms with E-state index in [1.165, 1.54) is 58.8 Å². The molecule has 0 saturated carbocycles. The van der Waals surface area contributed by atoms with Crippen molar-refractivity contribution >= 4 is 22.2 Å². The average Bonchev–Trinajstić information content (AvgIpc) is 3.45.